The van der Waals surface area contributed by atoms with Crippen LogP contribution in [0.1, 0.15) is 77.0 Å². The van der Waals surface area contributed by atoms with Crippen LogP contribution in [0.25, 0.3) is 16.4 Å². The third-order valence-electron chi connectivity index (χ3n) is 13.8. The van der Waals surface area contributed by atoms with E-state index in [9.17, 15) is 8.42 Å². The first-order valence-electron chi connectivity index (χ1n) is 20.0. The van der Waals surface area contributed by atoms with Crippen molar-refractivity contribution in [2.75, 3.05) is 44.5 Å². The van der Waals surface area contributed by atoms with Crippen LogP contribution < -0.4 is 10.2 Å². The molecule has 1 saturated heterocycles. The Hall–Kier alpha value is -1.78. The predicted octanol–water partition coefficient (Wildman–Crippen LogP) is 9.59. The molecule has 9 heteroatoms. The second-order valence-electron chi connectivity index (χ2n) is 17.6. The number of para-hydroxylation sites is 2. The SMILES string of the molecule is CS(=O)(=O)O.C[N-]c1ccccc1-c1[c-]cccc1.[Pd+2].c1ccc([PH+](C23CC4CC(CC(C4)C2)C3)C23CC4CC(CC(C4)C2)C3)c(N2CCOCC2)c1. The third-order valence-corrected chi connectivity index (χ3v) is 18.1. The monoisotopic (exact) mass is 847 g/mol. The van der Waals surface area contributed by atoms with E-state index < -0.39 is 18.0 Å². The topological polar surface area (TPSA) is 80.9 Å². The van der Waals surface area contributed by atoms with Crippen LogP contribution in [-0.2, 0) is 35.3 Å². The largest absolute Gasteiger partial charge is 2.00 e. The molecule has 3 aromatic carbocycles. The molecule has 3 aromatic rings. The number of hydrogen-bond acceptors (Lipinski definition) is 4. The minimum absolute atomic E-state index is 0. The van der Waals surface area contributed by atoms with E-state index >= 15 is 0 Å². The van der Waals surface area contributed by atoms with Crippen LogP contribution in [0.5, 0.6) is 0 Å². The van der Waals surface area contributed by atoms with Crippen LogP contribution in [0.4, 0.5) is 11.4 Å². The molecule has 9 aliphatic rings. The third kappa shape index (κ3) is 8.65. The van der Waals surface area contributed by atoms with Gasteiger partial charge in [0.1, 0.15) is 5.30 Å². The zero-order chi connectivity index (χ0) is 35.9. The Bertz CT molecular complexity index is 1680. The standard InChI is InChI=1S/C30H42NOP.C13H11N.CH4O3S.Pd/c1-2-4-28(27(3-1)31-5-7-32-8-6-31)33(29-15-21-9-22(16-29)11-23(10-21)17-29)30-18-24-12-25(19-30)14-26(13-24)20-30;1-14-13-10-6-5-9-12(13)11-7-3-2-4-8-11;1-5(2,3)4;/h1-4,21-26H,5-20H2;2-7,9-10H,1H3;1H3,(H,2,3,4);/q;-2;;+2/p+1. The van der Waals surface area contributed by atoms with Gasteiger partial charge in [-0.2, -0.15) is 14.1 Å². The van der Waals surface area contributed by atoms with Crippen molar-refractivity contribution in [3.8, 4) is 11.1 Å². The molecule has 0 aromatic heterocycles. The van der Waals surface area contributed by atoms with Gasteiger partial charge in [0.2, 0.25) is 0 Å². The molecule has 0 radical (unpaired) electrons. The van der Waals surface area contributed by atoms with Gasteiger partial charge >= 0.3 is 20.4 Å². The summed E-state index contributed by atoms with van der Waals surface area (Å²) >= 11 is 0. The normalized spacial score (nSPS) is 33.8. The van der Waals surface area contributed by atoms with E-state index in [-0.39, 0.29) is 20.4 Å². The number of morpholine rings is 1. The number of ether oxygens (including phenoxy) is 1. The summed E-state index contributed by atoms with van der Waals surface area (Å²) in [5.41, 5.74) is 4.88. The van der Waals surface area contributed by atoms with Gasteiger partial charge in [0.15, 0.2) is 0 Å². The average Bonchev–Trinajstić information content (AvgIpc) is 3.11. The first-order valence-corrected chi connectivity index (χ1v) is 23.3. The summed E-state index contributed by atoms with van der Waals surface area (Å²) in [6.45, 7) is 4.00. The zero-order valence-corrected chi connectivity index (χ0v) is 34.9. The van der Waals surface area contributed by atoms with E-state index in [4.69, 9.17) is 9.29 Å². The summed E-state index contributed by atoms with van der Waals surface area (Å²) in [5.74, 6) is 6.42. The van der Waals surface area contributed by atoms with Crippen molar-refractivity contribution in [2.24, 2.45) is 35.5 Å². The molecule has 53 heavy (non-hydrogen) atoms. The van der Waals surface area contributed by atoms with Crippen LogP contribution in [0.15, 0.2) is 72.8 Å². The molecule has 8 aliphatic carbocycles. The van der Waals surface area contributed by atoms with Crippen LogP contribution in [0.3, 0.4) is 0 Å². The summed E-state index contributed by atoms with van der Waals surface area (Å²) in [4.78, 5) is 2.73. The molecule has 1 heterocycles. The molecule has 1 aliphatic heterocycles. The van der Waals surface area contributed by atoms with Crippen LogP contribution in [0, 0.1) is 41.6 Å². The zero-order valence-electron chi connectivity index (χ0n) is 31.5. The van der Waals surface area contributed by atoms with E-state index in [2.05, 4.69) is 46.6 Å². The van der Waals surface area contributed by atoms with Gasteiger partial charge in [-0.25, -0.2) is 0 Å². The van der Waals surface area contributed by atoms with E-state index in [1.54, 1.807) is 82.7 Å². The van der Waals surface area contributed by atoms with Crippen LogP contribution >= 0.6 is 7.92 Å². The molecule has 1 N–H and O–H groups in total. The number of hydrogen-bond donors (Lipinski definition) is 1. The molecular weight excluding hydrogens is 790 g/mol. The van der Waals surface area contributed by atoms with Crippen molar-refractivity contribution in [1.29, 1.82) is 0 Å². The summed E-state index contributed by atoms with van der Waals surface area (Å²) in [7, 11) is -2.53. The summed E-state index contributed by atoms with van der Waals surface area (Å²) in [6, 6.07) is 29.2. The average molecular weight is 848 g/mol. The molecule has 12 rings (SSSR count). The van der Waals surface area contributed by atoms with Crippen molar-refractivity contribution in [3.63, 3.8) is 0 Å². The first-order chi connectivity index (χ1) is 25.1. The summed E-state index contributed by atoms with van der Waals surface area (Å²) < 4.78 is 31.7. The smallest absolute Gasteiger partial charge is 0.694 e. The molecule has 8 bridgehead atoms. The number of benzene rings is 3. The van der Waals surface area contributed by atoms with Gasteiger partial charge in [-0.15, -0.1) is 48.5 Å². The van der Waals surface area contributed by atoms with E-state index in [0.29, 0.717) is 16.6 Å². The number of nitrogens with zero attached hydrogens (tertiary/aromatic N) is 2. The number of anilines is 1. The van der Waals surface area contributed by atoms with Crippen molar-refractivity contribution in [2.45, 2.75) is 87.4 Å². The van der Waals surface area contributed by atoms with Crippen LogP contribution in [-0.4, -0.2) is 62.9 Å². The molecule has 6 nitrogen and oxygen atoms in total. The van der Waals surface area contributed by atoms with Crippen molar-refractivity contribution < 1.29 is 38.1 Å². The minimum Gasteiger partial charge on any atom is -0.694 e. The summed E-state index contributed by atoms with van der Waals surface area (Å²) in [6.07, 6.45) is 19.8. The maximum Gasteiger partial charge on any atom is 2.00 e. The Balaban J connectivity index is 0.000000182. The molecule has 9 fully saturated rings. The number of rotatable bonds is 6. The quantitative estimate of drug-likeness (QED) is 0.116. The Morgan fingerprint density at radius 3 is 1.66 bits per heavy atom. The van der Waals surface area contributed by atoms with Gasteiger partial charge in [-0.1, -0.05) is 36.4 Å². The molecular formula is C44H58N2O4PPdS+. The second-order valence-corrected chi connectivity index (χ2v) is 22.5. The van der Waals surface area contributed by atoms with Crippen molar-refractivity contribution >= 4 is 34.7 Å². The van der Waals surface area contributed by atoms with Gasteiger partial charge < -0.3 is 15.0 Å². The van der Waals surface area contributed by atoms with Gasteiger partial charge in [0.25, 0.3) is 10.1 Å². The fourth-order valence-corrected chi connectivity index (χ4v) is 19.2. The first kappa shape index (κ1) is 39.5. The Morgan fingerprint density at radius 2 is 1.19 bits per heavy atom. The van der Waals surface area contributed by atoms with Crippen molar-refractivity contribution in [3.05, 3.63) is 84.2 Å². The fourth-order valence-electron chi connectivity index (χ4n) is 13.2. The Kier molecular flexibility index (Phi) is 12.2. The van der Waals surface area contributed by atoms with Crippen LogP contribution in [0.2, 0.25) is 0 Å². The van der Waals surface area contributed by atoms with Gasteiger partial charge in [0.05, 0.1) is 35.5 Å². The van der Waals surface area contributed by atoms with E-state index in [1.807, 2.05) is 54.8 Å². The molecule has 0 amide bonds. The molecule has 8 saturated carbocycles. The molecule has 0 atom stereocenters. The van der Waals surface area contributed by atoms with E-state index in [0.717, 1.165) is 78.6 Å². The maximum atomic E-state index is 9.19. The van der Waals surface area contributed by atoms with Gasteiger partial charge in [-0.3, -0.25) is 4.55 Å². The fraction of sp³-hybridized carbons (Fsp3) is 0.591. The maximum absolute atomic E-state index is 9.19. The minimum atomic E-state index is -3.67. The summed E-state index contributed by atoms with van der Waals surface area (Å²) in [5, 5.41) is 7.51. The Morgan fingerprint density at radius 1 is 0.736 bits per heavy atom. The van der Waals surface area contributed by atoms with Gasteiger partial charge in [-0.05, 0) is 125 Å². The predicted molar refractivity (Wildman–Crippen MR) is 216 cm³/mol. The Labute approximate surface area is 333 Å². The molecule has 0 unspecified atom stereocenters. The molecule has 0 spiro atoms. The van der Waals surface area contributed by atoms with Crippen molar-refractivity contribution in [1.82, 2.24) is 0 Å². The molecule has 288 valence electrons. The van der Waals surface area contributed by atoms with E-state index in [1.165, 1.54) is 0 Å². The van der Waals surface area contributed by atoms with Gasteiger partial charge in [0, 0.05) is 21.0 Å². The second kappa shape index (κ2) is 16.4.